The number of carbonyl (C=O) groups excluding carboxylic acids is 1. The van der Waals surface area contributed by atoms with E-state index in [0.29, 0.717) is 12.5 Å². The summed E-state index contributed by atoms with van der Waals surface area (Å²) in [6.07, 6.45) is 7.43. The average Bonchev–Trinajstić information content (AvgIpc) is 3.08. The maximum Gasteiger partial charge on any atom is 0.317 e. The van der Waals surface area contributed by atoms with Crippen molar-refractivity contribution in [3.8, 4) is 0 Å². The SMILES string of the molecule is Cc1cnccc1CNC(=O)N1CCC(c2nccs2)CC1. The molecule has 5 nitrogen and oxygen atoms in total. The van der Waals surface area contributed by atoms with Crippen LogP contribution in [0.2, 0.25) is 0 Å². The summed E-state index contributed by atoms with van der Waals surface area (Å²) in [6, 6.07) is 1.97. The fourth-order valence-corrected chi connectivity index (χ4v) is 3.56. The van der Waals surface area contributed by atoms with E-state index in [-0.39, 0.29) is 6.03 Å². The zero-order valence-electron chi connectivity index (χ0n) is 12.7. The predicted octanol–water partition coefficient (Wildman–Crippen LogP) is 2.94. The van der Waals surface area contributed by atoms with Crippen LogP contribution >= 0.6 is 11.3 Å². The van der Waals surface area contributed by atoms with Crippen LogP contribution in [0.4, 0.5) is 4.79 Å². The minimum atomic E-state index is 0.0220. The summed E-state index contributed by atoms with van der Waals surface area (Å²) in [5, 5.41) is 6.23. The largest absolute Gasteiger partial charge is 0.334 e. The summed E-state index contributed by atoms with van der Waals surface area (Å²) in [4.78, 5) is 22.6. The molecule has 1 fully saturated rings. The van der Waals surface area contributed by atoms with Crippen molar-refractivity contribution in [1.82, 2.24) is 20.2 Å². The molecule has 116 valence electrons. The van der Waals surface area contributed by atoms with Gasteiger partial charge in [-0.3, -0.25) is 4.98 Å². The number of aromatic nitrogens is 2. The molecule has 0 unspecified atom stereocenters. The molecule has 22 heavy (non-hydrogen) atoms. The molecule has 3 rings (SSSR count). The topological polar surface area (TPSA) is 58.1 Å². The molecular formula is C16H20N4OS. The fourth-order valence-electron chi connectivity index (χ4n) is 2.75. The molecule has 3 heterocycles. The van der Waals surface area contributed by atoms with Crippen molar-refractivity contribution < 1.29 is 4.79 Å². The van der Waals surface area contributed by atoms with Gasteiger partial charge < -0.3 is 10.2 Å². The van der Waals surface area contributed by atoms with E-state index < -0.39 is 0 Å². The summed E-state index contributed by atoms with van der Waals surface area (Å²) in [6.45, 7) is 4.16. The Labute approximate surface area is 134 Å². The number of urea groups is 1. The Morgan fingerprint density at radius 3 is 2.91 bits per heavy atom. The van der Waals surface area contributed by atoms with Crippen LogP contribution in [0.15, 0.2) is 30.0 Å². The first-order chi connectivity index (χ1) is 10.7. The Morgan fingerprint density at radius 2 is 2.23 bits per heavy atom. The predicted molar refractivity (Wildman–Crippen MR) is 86.9 cm³/mol. The van der Waals surface area contributed by atoms with Gasteiger partial charge >= 0.3 is 6.03 Å². The minimum absolute atomic E-state index is 0.0220. The molecule has 0 atom stereocenters. The Morgan fingerprint density at radius 1 is 1.41 bits per heavy atom. The molecule has 0 saturated carbocycles. The molecule has 6 heteroatoms. The van der Waals surface area contributed by atoms with Crippen molar-refractivity contribution in [3.63, 3.8) is 0 Å². The molecule has 1 saturated heterocycles. The van der Waals surface area contributed by atoms with Crippen molar-refractivity contribution in [1.29, 1.82) is 0 Å². The van der Waals surface area contributed by atoms with Crippen LogP contribution in [-0.2, 0) is 6.54 Å². The minimum Gasteiger partial charge on any atom is -0.334 e. The number of carbonyl (C=O) groups is 1. The maximum absolute atomic E-state index is 12.3. The van der Waals surface area contributed by atoms with Gasteiger partial charge in [0, 0.05) is 49.5 Å². The van der Waals surface area contributed by atoms with Crippen LogP contribution in [0.25, 0.3) is 0 Å². The van der Waals surface area contributed by atoms with Gasteiger partial charge in [-0.05, 0) is 37.0 Å². The van der Waals surface area contributed by atoms with E-state index in [1.165, 1.54) is 5.01 Å². The van der Waals surface area contributed by atoms with E-state index in [4.69, 9.17) is 0 Å². The first kappa shape index (κ1) is 15.0. The van der Waals surface area contributed by atoms with Gasteiger partial charge in [-0.2, -0.15) is 0 Å². The first-order valence-electron chi connectivity index (χ1n) is 7.55. The number of pyridine rings is 1. The zero-order valence-corrected chi connectivity index (χ0v) is 13.5. The van der Waals surface area contributed by atoms with Crippen molar-refractivity contribution in [2.24, 2.45) is 0 Å². The summed E-state index contributed by atoms with van der Waals surface area (Å²) in [7, 11) is 0. The lowest BCUT2D eigenvalue weighted by Crippen LogP contribution is -2.43. The number of likely N-dealkylation sites (tertiary alicyclic amines) is 1. The number of amides is 2. The van der Waals surface area contributed by atoms with Gasteiger partial charge in [-0.1, -0.05) is 0 Å². The molecule has 0 spiro atoms. The third-order valence-electron chi connectivity index (χ3n) is 4.15. The average molecular weight is 316 g/mol. The number of nitrogens with zero attached hydrogens (tertiary/aromatic N) is 3. The molecule has 2 aromatic heterocycles. The van der Waals surface area contributed by atoms with Gasteiger partial charge in [0.25, 0.3) is 0 Å². The molecule has 0 aliphatic carbocycles. The van der Waals surface area contributed by atoms with Gasteiger partial charge in [0.2, 0.25) is 0 Å². The molecule has 1 N–H and O–H groups in total. The molecule has 1 aliphatic heterocycles. The molecule has 2 aromatic rings. The van der Waals surface area contributed by atoms with E-state index in [9.17, 15) is 4.79 Å². The van der Waals surface area contributed by atoms with Crippen LogP contribution in [0.1, 0.15) is 34.9 Å². The third kappa shape index (κ3) is 3.44. The van der Waals surface area contributed by atoms with E-state index in [2.05, 4.69) is 15.3 Å². The lowest BCUT2D eigenvalue weighted by molar-refractivity contribution is 0.181. The van der Waals surface area contributed by atoms with Crippen molar-refractivity contribution in [2.75, 3.05) is 13.1 Å². The van der Waals surface area contributed by atoms with Crippen LogP contribution < -0.4 is 5.32 Å². The number of rotatable bonds is 3. The second-order valence-electron chi connectivity index (χ2n) is 5.59. The lowest BCUT2D eigenvalue weighted by Gasteiger charge is -2.31. The smallest absolute Gasteiger partial charge is 0.317 e. The molecule has 0 radical (unpaired) electrons. The number of nitrogens with one attached hydrogen (secondary N) is 1. The number of piperidine rings is 1. The normalized spacial score (nSPS) is 15.8. The van der Waals surface area contributed by atoms with Gasteiger partial charge in [0.15, 0.2) is 0 Å². The quantitative estimate of drug-likeness (QED) is 0.947. The second kappa shape index (κ2) is 6.87. The van der Waals surface area contributed by atoms with E-state index in [1.807, 2.05) is 35.7 Å². The summed E-state index contributed by atoms with van der Waals surface area (Å²) in [5.74, 6) is 0.506. The van der Waals surface area contributed by atoms with Gasteiger partial charge in [0.05, 0.1) is 5.01 Å². The van der Waals surface area contributed by atoms with Crippen LogP contribution in [-0.4, -0.2) is 34.0 Å². The third-order valence-corrected chi connectivity index (χ3v) is 5.09. The van der Waals surface area contributed by atoms with Crippen molar-refractivity contribution in [3.05, 3.63) is 46.2 Å². The summed E-state index contributed by atoms with van der Waals surface area (Å²) < 4.78 is 0. The second-order valence-corrected chi connectivity index (χ2v) is 6.52. The fraction of sp³-hybridized carbons (Fsp3) is 0.438. The standard InChI is InChI=1S/C16H20N4OS/c1-12-10-17-5-2-14(12)11-19-16(21)20-7-3-13(4-8-20)15-18-6-9-22-15/h2,5-6,9-10,13H,3-4,7-8,11H2,1H3,(H,19,21). The van der Waals surface area contributed by atoms with Crippen LogP contribution in [0, 0.1) is 6.92 Å². The highest BCUT2D eigenvalue weighted by Crippen LogP contribution is 2.29. The molecule has 0 bridgehead atoms. The van der Waals surface area contributed by atoms with E-state index in [1.54, 1.807) is 17.5 Å². The maximum atomic E-state index is 12.3. The highest BCUT2D eigenvalue weighted by atomic mass is 32.1. The molecule has 0 aromatic carbocycles. The Bertz CT molecular complexity index is 621. The molecule has 2 amide bonds. The monoisotopic (exact) mass is 316 g/mol. The Balaban J connectivity index is 1.49. The number of aryl methyl sites for hydroxylation is 1. The van der Waals surface area contributed by atoms with E-state index >= 15 is 0 Å². The van der Waals surface area contributed by atoms with Crippen molar-refractivity contribution >= 4 is 17.4 Å². The first-order valence-corrected chi connectivity index (χ1v) is 8.43. The highest BCUT2D eigenvalue weighted by molar-refractivity contribution is 7.09. The zero-order chi connectivity index (χ0) is 15.4. The molecule has 1 aliphatic rings. The van der Waals surface area contributed by atoms with E-state index in [0.717, 1.165) is 37.1 Å². The summed E-state index contributed by atoms with van der Waals surface area (Å²) >= 11 is 1.71. The van der Waals surface area contributed by atoms with Gasteiger partial charge in [-0.25, -0.2) is 9.78 Å². The molecular weight excluding hydrogens is 296 g/mol. The Kier molecular flexibility index (Phi) is 4.68. The van der Waals surface area contributed by atoms with Crippen LogP contribution in [0.3, 0.4) is 0 Å². The number of hydrogen-bond acceptors (Lipinski definition) is 4. The van der Waals surface area contributed by atoms with Crippen molar-refractivity contribution in [2.45, 2.75) is 32.2 Å². The lowest BCUT2D eigenvalue weighted by atomic mass is 9.98. The van der Waals surface area contributed by atoms with Gasteiger partial charge in [-0.15, -0.1) is 11.3 Å². The Hall–Kier alpha value is -1.95. The van der Waals surface area contributed by atoms with Crippen LogP contribution in [0.5, 0.6) is 0 Å². The number of hydrogen-bond donors (Lipinski definition) is 1. The van der Waals surface area contributed by atoms with Gasteiger partial charge in [0.1, 0.15) is 0 Å². The summed E-state index contributed by atoms with van der Waals surface area (Å²) in [5.41, 5.74) is 2.21. The number of thiazole rings is 1. The highest BCUT2D eigenvalue weighted by Gasteiger charge is 2.24.